The van der Waals surface area contributed by atoms with E-state index in [0.29, 0.717) is 11.3 Å². The summed E-state index contributed by atoms with van der Waals surface area (Å²) >= 11 is 0. The topological polar surface area (TPSA) is 67.4 Å². The van der Waals surface area contributed by atoms with Gasteiger partial charge in [-0.3, -0.25) is 0 Å². The number of benzene rings is 1. The monoisotopic (exact) mass is 300 g/mol. The van der Waals surface area contributed by atoms with Gasteiger partial charge in [0.15, 0.2) is 0 Å². The van der Waals surface area contributed by atoms with Gasteiger partial charge in [-0.05, 0) is 24.5 Å². The normalized spacial score (nSPS) is 17.5. The maximum absolute atomic E-state index is 12.3. The van der Waals surface area contributed by atoms with Gasteiger partial charge in [0.2, 0.25) is 0 Å². The molecule has 1 aliphatic heterocycles. The number of hydrogen-bond donors (Lipinski definition) is 2. The van der Waals surface area contributed by atoms with E-state index in [1.165, 1.54) is 11.6 Å². The highest BCUT2D eigenvalue weighted by atomic mass is 16.5. The van der Waals surface area contributed by atoms with Crippen molar-refractivity contribution in [2.24, 2.45) is 0 Å². The van der Waals surface area contributed by atoms with Crippen molar-refractivity contribution in [1.82, 2.24) is 10.6 Å². The van der Waals surface area contributed by atoms with Crippen molar-refractivity contribution in [3.63, 3.8) is 0 Å². The van der Waals surface area contributed by atoms with Gasteiger partial charge in [-0.2, -0.15) is 0 Å². The predicted octanol–water partition coefficient (Wildman–Crippen LogP) is 2.61. The third-order valence-electron chi connectivity index (χ3n) is 3.54. The van der Waals surface area contributed by atoms with E-state index in [1.807, 2.05) is 24.3 Å². The summed E-state index contributed by atoms with van der Waals surface area (Å²) in [6.07, 6.45) is 2.44. The Hall–Kier alpha value is -2.56. The van der Waals surface area contributed by atoms with Crippen LogP contribution in [0.3, 0.4) is 0 Å². The van der Waals surface area contributed by atoms with Gasteiger partial charge in [-0.1, -0.05) is 43.8 Å². The number of aryl methyl sites for hydroxylation is 1. The Bertz CT molecular complexity index is 617. The fourth-order valence-corrected chi connectivity index (χ4v) is 2.37. The summed E-state index contributed by atoms with van der Waals surface area (Å²) in [5.41, 5.74) is 2.95. The average Bonchev–Trinajstić information content (AvgIpc) is 2.52. The fourth-order valence-electron chi connectivity index (χ4n) is 2.37. The molecule has 2 rings (SSSR count). The first kappa shape index (κ1) is 15.8. The van der Waals surface area contributed by atoms with Crippen molar-refractivity contribution in [3.8, 4) is 0 Å². The Balaban J connectivity index is 2.36. The lowest BCUT2D eigenvalue weighted by Gasteiger charge is -2.28. The number of carbonyl (C=O) groups excluding carboxylic acids is 2. The second-order valence-electron chi connectivity index (χ2n) is 5.05. The molecule has 5 heteroatoms. The minimum Gasteiger partial charge on any atom is -0.458 e. The minimum atomic E-state index is -0.517. The van der Waals surface area contributed by atoms with Gasteiger partial charge < -0.3 is 15.4 Å². The van der Waals surface area contributed by atoms with Crippen molar-refractivity contribution < 1.29 is 14.3 Å². The summed E-state index contributed by atoms with van der Waals surface area (Å²) in [5.74, 6) is -0.463. The van der Waals surface area contributed by atoms with Gasteiger partial charge in [-0.25, -0.2) is 9.59 Å². The molecular weight excluding hydrogens is 280 g/mol. The average molecular weight is 300 g/mol. The van der Waals surface area contributed by atoms with Crippen LogP contribution < -0.4 is 10.6 Å². The number of nitrogens with one attached hydrogen (secondary N) is 2. The van der Waals surface area contributed by atoms with E-state index in [0.717, 1.165) is 12.0 Å². The van der Waals surface area contributed by atoms with Crippen LogP contribution in [-0.4, -0.2) is 18.6 Å². The molecule has 2 amide bonds. The number of amides is 2. The first-order valence-corrected chi connectivity index (χ1v) is 7.22. The van der Waals surface area contributed by atoms with Crippen LogP contribution in [0.1, 0.15) is 31.0 Å². The van der Waals surface area contributed by atoms with E-state index in [2.05, 4.69) is 24.1 Å². The van der Waals surface area contributed by atoms with E-state index in [1.54, 1.807) is 6.92 Å². The third kappa shape index (κ3) is 3.36. The maximum Gasteiger partial charge on any atom is 0.338 e. The Morgan fingerprint density at radius 1 is 1.36 bits per heavy atom. The Kier molecular flexibility index (Phi) is 4.99. The first-order valence-electron chi connectivity index (χ1n) is 7.22. The number of rotatable bonds is 5. The van der Waals surface area contributed by atoms with Crippen LogP contribution in [0, 0.1) is 0 Å². The van der Waals surface area contributed by atoms with E-state index >= 15 is 0 Å². The van der Waals surface area contributed by atoms with Crippen LogP contribution in [0.25, 0.3) is 0 Å². The Morgan fingerprint density at radius 2 is 2.05 bits per heavy atom. The largest absolute Gasteiger partial charge is 0.458 e. The highest BCUT2D eigenvalue weighted by Gasteiger charge is 2.31. The van der Waals surface area contributed by atoms with Crippen molar-refractivity contribution in [2.75, 3.05) is 6.61 Å². The van der Waals surface area contributed by atoms with Crippen LogP contribution in [0.15, 0.2) is 48.2 Å². The summed E-state index contributed by atoms with van der Waals surface area (Å²) in [4.78, 5) is 24.0. The summed E-state index contributed by atoms with van der Waals surface area (Å²) in [5, 5.41) is 5.39. The second kappa shape index (κ2) is 6.93. The Labute approximate surface area is 130 Å². The van der Waals surface area contributed by atoms with E-state index in [9.17, 15) is 9.59 Å². The quantitative estimate of drug-likeness (QED) is 0.649. The van der Waals surface area contributed by atoms with Crippen LogP contribution in [0.5, 0.6) is 0 Å². The molecule has 0 spiro atoms. The molecule has 0 aromatic heterocycles. The Morgan fingerprint density at radius 3 is 2.64 bits per heavy atom. The first-order chi connectivity index (χ1) is 10.6. The molecular formula is C17H20N2O3. The van der Waals surface area contributed by atoms with Crippen LogP contribution in [-0.2, 0) is 16.0 Å². The molecule has 0 aliphatic carbocycles. The molecule has 1 atom stereocenters. The zero-order chi connectivity index (χ0) is 16.1. The lowest BCUT2D eigenvalue weighted by molar-refractivity contribution is -0.138. The van der Waals surface area contributed by atoms with E-state index in [-0.39, 0.29) is 12.6 Å². The SMILES string of the molecule is C=CCOC(=O)C1=C(C)NC(=O)N[C@H]1c1ccc(CC)cc1. The van der Waals surface area contributed by atoms with Crippen molar-refractivity contribution in [1.29, 1.82) is 0 Å². The molecule has 22 heavy (non-hydrogen) atoms. The van der Waals surface area contributed by atoms with E-state index in [4.69, 9.17) is 4.74 Å². The van der Waals surface area contributed by atoms with Gasteiger partial charge in [0.25, 0.3) is 0 Å². The number of ether oxygens (including phenoxy) is 1. The van der Waals surface area contributed by atoms with Crippen molar-refractivity contribution in [3.05, 3.63) is 59.3 Å². The lowest BCUT2D eigenvalue weighted by Crippen LogP contribution is -2.45. The molecule has 116 valence electrons. The van der Waals surface area contributed by atoms with E-state index < -0.39 is 12.0 Å². The number of carbonyl (C=O) groups is 2. The van der Waals surface area contributed by atoms with Crippen LogP contribution in [0.2, 0.25) is 0 Å². The molecule has 0 radical (unpaired) electrons. The summed E-state index contributed by atoms with van der Waals surface area (Å²) < 4.78 is 5.13. The fraction of sp³-hybridized carbons (Fsp3) is 0.294. The molecule has 0 fully saturated rings. The summed E-state index contributed by atoms with van der Waals surface area (Å²) in [6, 6.07) is 6.97. The maximum atomic E-state index is 12.3. The number of esters is 1. The number of hydrogen-bond acceptors (Lipinski definition) is 3. The van der Waals surface area contributed by atoms with Crippen LogP contribution >= 0.6 is 0 Å². The molecule has 1 aliphatic rings. The molecule has 1 aromatic carbocycles. The number of allylic oxidation sites excluding steroid dienone is 1. The summed E-state index contributed by atoms with van der Waals surface area (Å²) in [6.45, 7) is 7.42. The van der Waals surface area contributed by atoms with Gasteiger partial charge >= 0.3 is 12.0 Å². The van der Waals surface area contributed by atoms with Gasteiger partial charge in [0, 0.05) is 5.70 Å². The van der Waals surface area contributed by atoms with Gasteiger partial charge in [0.05, 0.1) is 11.6 Å². The zero-order valence-corrected chi connectivity index (χ0v) is 12.8. The highest BCUT2D eigenvalue weighted by Crippen LogP contribution is 2.27. The molecule has 0 saturated heterocycles. The van der Waals surface area contributed by atoms with Crippen molar-refractivity contribution in [2.45, 2.75) is 26.3 Å². The molecule has 0 unspecified atom stereocenters. The number of urea groups is 1. The third-order valence-corrected chi connectivity index (χ3v) is 3.54. The standard InChI is InChI=1S/C17H20N2O3/c1-4-10-22-16(20)14-11(3)18-17(21)19-15(14)13-8-6-12(5-2)7-9-13/h4,6-9,15H,1,5,10H2,2-3H3,(H2,18,19,21)/t15-/m0/s1. The van der Waals surface area contributed by atoms with Crippen LogP contribution in [0.4, 0.5) is 4.79 Å². The van der Waals surface area contributed by atoms with Gasteiger partial charge in [-0.15, -0.1) is 0 Å². The van der Waals surface area contributed by atoms with Gasteiger partial charge in [0.1, 0.15) is 6.61 Å². The predicted molar refractivity (Wildman–Crippen MR) is 84.1 cm³/mol. The second-order valence-corrected chi connectivity index (χ2v) is 5.05. The zero-order valence-electron chi connectivity index (χ0n) is 12.8. The minimum absolute atomic E-state index is 0.130. The molecule has 5 nitrogen and oxygen atoms in total. The molecule has 1 aromatic rings. The lowest BCUT2D eigenvalue weighted by atomic mass is 9.94. The smallest absolute Gasteiger partial charge is 0.338 e. The molecule has 2 N–H and O–H groups in total. The highest BCUT2D eigenvalue weighted by molar-refractivity contribution is 5.95. The molecule has 0 saturated carbocycles. The molecule has 1 heterocycles. The summed E-state index contributed by atoms with van der Waals surface area (Å²) in [7, 11) is 0. The van der Waals surface area contributed by atoms with Crippen molar-refractivity contribution >= 4 is 12.0 Å². The molecule has 0 bridgehead atoms.